The van der Waals surface area contributed by atoms with Gasteiger partial charge in [0.25, 0.3) is 0 Å². The zero-order valence-corrected chi connectivity index (χ0v) is 16.8. The van der Waals surface area contributed by atoms with Crippen LogP contribution in [0.15, 0.2) is 72.8 Å². The zero-order chi connectivity index (χ0) is 18.6. The van der Waals surface area contributed by atoms with E-state index in [9.17, 15) is 0 Å². The van der Waals surface area contributed by atoms with Gasteiger partial charge in [0.2, 0.25) is 6.42 Å². The van der Waals surface area contributed by atoms with Crippen LogP contribution in [0.5, 0.6) is 11.5 Å². The van der Waals surface area contributed by atoms with Crippen molar-refractivity contribution in [1.82, 2.24) is 0 Å². The molecule has 4 aromatic carbocycles. The van der Waals surface area contributed by atoms with Crippen LogP contribution in [0.2, 0.25) is 0 Å². The second-order valence-electron chi connectivity index (χ2n) is 6.64. The molecule has 0 N–H and O–H groups in total. The number of hydrogen-bond acceptors (Lipinski definition) is 3. The van der Waals surface area contributed by atoms with Gasteiger partial charge in [0.05, 0.1) is 12.8 Å². The summed E-state index contributed by atoms with van der Waals surface area (Å²) in [5.41, 5.74) is 1.12. The van der Waals surface area contributed by atoms with Crippen LogP contribution in [0.3, 0.4) is 0 Å². The van der Waals surface area contributed by atoms with Crippen molar-refractivity contribution < 1.29 is 9.26 Å². The van der Waals surface area contributed by atoms with Gasteiger partial charge in [0.1, 0.15) is 11.5 Å². The lowest BCUT2D eigenvalue weighted by atomic mass is 10.0. The minimum Gasteiger partial charge on any atom is -0.497 e. The van der Waals surface area contributed by atoms with Crippen LogP contribution in [-0.2, 0) is 11.8 Å². The summed E-state index contributed by atoms with van der Waals surface area (Å²) in [4.78, 5) is 0. The number of nitrogens with zero attached hydrogens (tertiary/aromatic N) is 1. The highest BCUT2D eigenvalue weighted by Crippen LogP contribution is 2.60. The fraction of sp³-hybridized carbons (Fsp3) is 0.0909. The molecular weight excluding hydrogens is 373 g/mol. The molecule has 0 radical (unpaired) electrons. The first-order chi connectivity index (χ1) is 13.1. The van der Waals surface area contributed by atoms with Crippen LogP contribution in [0.25, 0.3) is 21.5 Å². The molecule has 4 aromatic rings. The first-order valence-electron chi connectivity index (χ1n) is 8.75. The van der Waals surface area contributed by atoms with Gasteiger partial charge in [0.15, 0.2) is 0 Å². The Balaban J connectivity index is 1.81. The molecule has 3 nitrogen and oxygen atoms in total. The van der Waals surface area contributed by atoms with Gasteiger partial charge < -0.3 is 13.9 Å². The number of methoxy groups -OCH3 is 1. The Morgan fingerprint density at radius 1 is 0.926 bits per heavy atom. The van der Waals surface area contributed by atoms with Crippen molar-refractivity contribution in [3.05, 3.63) is 72.8 Å². The van der Waals surface area contributed by atoms with Gasteiger partial charge in [-0.05, 0) is 59.0 Å². The van der Waals surface area contributed by atoms with Gasteiger partial charge in [-0.2, -0.15) is 0 Å². The van der Waals surface area contributed by atoms with E-state index in [-0.39, 0.29) is 0 Å². The highest BCUT2D eigenvalue weighted by molar-refractivity contribution is 8.16. The average molecular weight is 391 g/mol. The van der Waals surface area contributed by atoms with Crippen molar-refractivity contribution in [3.8, 4) is 11.5 Å². The summed E-state index contributed by atoms with van der Waals surface area (Å²) in [5.74, 6) is 1.71. The van der Waals surface area contributed by atoms with Crippen molar-refractivity contribution >= 4 is 50.8 Å². The Kier molecular flexibility index (Phi) is 3.68. The van der Waals surface area contributed by atoms with Gasteiger partial charge in [-0.15, -0.1) is 0 Å². The predicted octanol–water partition coefficient (Wildman–Crippen LogP) is 5.47. The van der Waals surface area contributed by atoms with E-state index in [1.54, 1.807) is 7.11 Å². The lowest BCUT2D eigenvalue weighted by Gasteiger charge is -2.39. The monoisotopic (exact) mass is 391 g/mol. The Bertz CT molecular complexity index is 1240. The van der Waals surface area contributed by atoms with Crippen LogP contribution in [0.1, 0.15) is 0 Å². The molecule has 0 aliphatic carbocycles. The van der Waals surface area contributed by atoms with E-state index >= 15 is 0 Å². The van der Waals surface area contributed by atoms with E-state index in [0.717, 1.165) is 38.6 Å². The fourth-order valence-corrected chi connectivity index (χ4v) is 6.59. The van der Waals surface area contributed by atoms with E-state index in [2.05, 4.69) is 47.1 Å². The summed E-state index contributed by atoms with van der Waals surface area (Å²) >= 11 is 6.18. The molecular formula is C22H18NO2PS. The lowest BCUT2D eigenvalue weighted by Crippen LogP contribution is -2.28. The Labute approximate surface area is 163 Å². The third-order valence-electron chi connectivity index (χ3n) is 5.18. The third-order valence-corrected chi connectivity index (χ3v) is 9.15. The summed E-state index contributed by atoms with van der Waals surface area (Å²) in [6.07, 6.45) is -2.47. The topological polar surface area (TPSA) is 21.7 Å². The van der Waals surface area contributed by atoms with Gasteiger partial charge in [-0.1, -0.05) is 36.4 Å². The summed E-state index contributed by atoms with van der Waals surface area (Å²) in [7, 11) is 3.71. The molecule has 1 unspecified atom stereocenters. The van der Waals surface area contributed by atoms with Crippen molar-refractivity contribution in [2.24, 2.45) is 0 Å². The molecule has 0 spiro atoms. The van der Waals surface area contributed by atoms with E-state index in [1.807, 2.05) is 37.4 Å². The SMILES string of the molecule is COc1ccc(P2(=S)Oc3c4ccccc4cc4cccc(c34)N2C)cc1. The van der Waals surface area contributed by atoms with E-state index in [4.69, 9.17) is 21.1 Å². The minimum atomic E-state index is -2.47. The summed E-state index contributed by atoms with van der Waals surface area (Å²) in [6.45, 7) is 0. The first kappa shape index (κ1) is 16.6. The van der Waals surface area contributed by atoms with Crippen molar-refractivity contribution in [1.29, 1.82) is 0 Å². The Morgan fingerprint density at radius 3 is 2.44 bits per heavy atom. The van der Waals surface area contributed by atoms with Gasteiger partial charge in [-0.3, -0.25) is 0 Å². The minimum absolute atomic E-state index is 0.813. The normalized spacial score (nSPS) is 18.5. The van der Waals surface area contributed by atoms with Crippen LogP contribution < -0.4 is 19.2 Å². The fourth-order valence-electron chi connectivity index (χ4n) is 3.74. The molecule has 1 aliphatic rings. The highest BCUT2D eigenvalue weighted by atomic mass is 32.4. The molecule has 5 rings (SSSR count). The van der Waals surface area contributed by atoms with Crippen LogP contribution in [0.4, 0.5) is 5.69 Å². The molecule has 1 aliphatic heterocycles. The Hall–Kier alpha value is -2.55. The maximum atomic E-state index is 6.69. The molecule has 134 valence electrons. The maximum absolute atomic E-state index is 6.69. The van der Waals surface area contributed by atoms with E-state index in [1.165, 1.54) is 5.39 Å². The molecule has 5 heteroatoms. The third kappa shape index (κ3) is 2.37. The van der Waals surface area contributed by atoms with Crippen LogP contribution in [-0.4, -0.2) is 14.2 Å². The first-order valence-corrected chi connectivity index (χ1v) is 11.4. The largest absolute Gasteiger partial charge is 0.497 e. The quantitative estimate of drug-likeness (QED) is 0.334. The second kappa shape index (κ2) is 5.98. The van der Waals surface area contributed by atoms with Crippen molar-refractivity contribution in [3.63, 3.8) is 0 Å². The number of hydrogen-bond donors (Lipinski definition) is 0. The molecule has 1 heterocycles. The number of benzene rings is 4. The molecule has 27 heavy (non-hydrogen) atoms. The number of anilines is 1. The van der Waals surface area contributed by atoms with Gasteiger partial charge in [0, 0.05) is 23.1 Å². The number of ether oxygens (including phenoxy) is 1. The smallest absolute Gasteiger partial charge is 0.234 e. The van der Waals surface area contributed by atoms with E-state index < -0.39 is 6.42 Å². The zero-order valence-electron chi connectivity index (χ0n) is 15.0. The molecule has 0 amide bonds. The summed E-state index contributed by atoms with van der Waals surface area (Å²) < 4.78 is 14.1. The van der Waals surface area contributed by atoms with Crippen molar-refractivity contribution in [2.75, 3.05) is 18.8 Å². The van der Waals surface area contributed by atoms with Crippen LogP contribution in [0, 0.1) is 0 Å². The van der Waals surface area contributed by atoms with Gasteiger partial charge >= 0.3 is 0 Å². The maximum Gasteiger partial charge on any atom is 0.234 e. The average Bonchev–Trinajstić information content (AvgIpc) is 2.72. The number of rotatable bonds is 2. The lowest BCUT2D eigenvalue weighted by molar-refractivity contribution is 0.415. The van der Waals surface area contributed by atoms with E-state index in [0.29, 0.717) is 0 Å². The van der Waals surface area contributed by atoms with Crippen LogP contribution >= 0.6 is 6.42 Å². The molecule has 1 atom stereocenters. The van der Waals surface area contributed by atoms with Gasteiger partial charge in [-0.25, -0.2) is 0 Å². The molecule has 0 bridgehead atoms. The molecule has 0 saturated heterocycles. The predicted molar refractivity (Wildman–Crippen MR) is 117 cm³/mol. The Morgan fingerprint density at radius 2 is 1.67 bits per heavy atom. The summed E-state index contributed by atoms with van der Waals surface area (Å²) in [5, 5.41) is 5.58. The molecule has 0 aromatic heterocycles. The highest BCUT2D eigenvalue weighted by Gasteiger charge is 2.35. The van der Waals surface area contributed by atoms with Crippen molar-refractivity contribution in [2.45, 2.75) is 0 Å². The standard InChI is InChI=1S/C22H18NO2PS/c1-23-20-9-5-7-16-14-15-6-3-4-8-19(15)22(21(16)20)25-26(23,27)18-12-10-17(24-2)11-13-18/h3-14H,1-2H3. The second-order valence-corrected chi connectivity index (χ2v) is 10.5. The molecule has 0 fully saturated rings. The summed E-state index contributed by atoms with van der Waals surface area (Å²) in [6, 6.07) is 24.8. The number of fused-ring (bicyclic) bond motifs is 2. The molecule has 0 saturated carbocycles.